The summed E-state index contributed by atoms with van der Waals surface area (Å²) in [6.07, 6.45) is 2.13. The van der Waals surface area contributed by atoms with Crippen LogP contribution in [-0.4, -0.2) is 25.2 Å². The molecule has 1 aromatic rings. The molecular weight excluding hydrogens is 256 g/mol. The fourth-order valence-electron chi connectivity index (χ4n) is 2.29. The summed E-state index contributed by atoms with van der Waals surface area (Å²) < 4.78 is 11.3. The Bertz CT molecular complexity index is 488. The van der Waals surface area contributed by atoms with Crippen molar-refractivity contribution in [1.29, 1.82) is 0 Å². The van der Waals surface area contributed by atoms with Crippen molar-refractivity contribution in [2.24, 2.45) is 5.73 Å². The van der Waals surface area contributed by atoms with Gasteiger partial charge in [-0.05, 0) is 32.9 Å². The maximum absolute atomic E-state index is 11.8. The van der Waals surface area contributed by atoms with Gasteiger partial charge in [0.25, 0.3) is 0 Å². The van der Waals surface area contributed by atoms with Gasteiger partial charge in [0.1, 0.15) is 17.6 Å². The lowest BCUT2D eigenvalue weighted by atomic mass is 10.1. The molecule has 0 spiro atoms. The summed E-state index contributed by atoms with van der Waals surface area (Å²) >= 11 is 0. The van der Waals surface area contributed by atoms with Crippen LogP contribution in [0, 0.1) is 0 Å². The molecule has 0 radical (unpaired) electrons. The van der Waals surface area contributed by atoms with Crippen molar-refractivity contribution in [3.63, 3.8) is 0 Å². The van der Waals surface area contributed by atoms with E-state index in [2.05, 4.69) is 5.32 Å². The molecule has 1 aromatic carbocycles. The van der Waals surface area contributed by atoms with Crippen LogP contribution in [0.4, 0.5) is 5.69 Å². The molecular formula is C15H22N2O3. The maximum Gasteiger partial charge on any atom is 0.224 e. The summed E-state index contributed by atoms with van der Waals surface area (Å²) in [7, 11) is 0. The molecule has 1 aliphatic heterocycles. The third kappa shape index (κ3) is 3.42. The van der Waals surface area contributed by atoms with Crippen LogP contribution < -0.4 is 20.5 Å². The molecule has 5 heteroatoms. The maximum atomic E-state index is 11.8. The Morgan fingerprint density at radius 3 is 3.05 bits per heavy atom. The minimum absolute atomic E-state index is 0.0533. The van der Waals surface area contributed by atoms with Crippen LogP contribution in [0.2, 0.25) is 0 Å². The largest absolute Gasteiger partial charge is 0.492 e. The molecule has 3 N–H and O–H groups in total. The van der Waals surface area contributed by atoms with Crippen molar-refractivity contribution in [3.05, 3.63) is 17.7 Å². The Morgan fingerprint density at radius 2 is 2.35 bits per heavy atom. The first-order valence-electron chi connectivity index (χ1n) is 7.10. The van der Waals surface area contributed by atoms with E-state index in [4.69, 9.17) is 15.2 Å². The molecule has 2 rings (SSSR count). The molecule has 0 bridgehead atoms. The molecule has 1 atom stereocenters. The zero-order valence-electron chi connectivity index (χ0n) is 12.1. The highest BCUT2D eigenvalue weighted by molar-refractivity contribution is 5.92. The summed E-state index contributed by atoms with van der Waals surface area (Å²) in [5, 5.41) is 2.88. The van der Waals surface area contributed by atoms with Gasteiger partial charge in [-0.25, -0.2) is 0 Å². The summed E-state index contributed by atoms with van der Waals surface area (Å²) in [6.45, 7) is 5.02. The molecule has 1 aliphatic rings. The number of hydrogen-bond donors (Lipinski definition) is 2. The van der Waals surface area contributed by atoms with Crippen LogP contribution in [0.5, 0.6) is 11.5 Å². The van der Waals surface area contributed by atoms with Gasteiger partial charge >= 0.3 is 0 Å². The number of fused-ring (bicyclic) bond motifs is 1. The number of carbonyl (C=O) groups is 1. The van der Waals surface area contributed by atoms with Crippen LogP contribution in [0.15, 0.2) is 12.1 Å². The molecule has 0 fully saturated rings. The molecule has 1 unspecified atom stereocenters. The predicted octanol–water partition coefficient (Wildman–Crippen LogP) is 2.09. The second-order valence-corrected chi connectivity index (χ2v) is 4.96. The Morgan fingerprint density at radius 1 is 1.55 bits per heavy atom. The number of nitrogens with two attached hydrogens (primary N) is 1. The van der Waals surface area contributed by atoms with Gasteiger partial charge in [0.05, 0.1) is 12.3 Å². The second-order valence-electron chi connectivity index (χ2n) is 4.96. The number of anilines is 1. The number of rotatable bonds is 6. The minimum atomic E-state index is -0.0533. The van der Waals surface area contributed by atoms with Crippen molar-refractivity contribution >= 4 is 11.6 Å². The average Bonchev–Trinajstić information content (AvgIpc) is 2.76. The Hall–Kier alpha value is -1.75. The summed E-state index contributed by atoms with van der Waals surface area (Å²) in [4.78, 5) is 11.8. The molecule has 1 heterocycles. The zero-order valence-corrected chi connectivity index (χ0v) is 12.1. The minimum Gasteiger partial charge on any atom is -0.492 e. The topological polar surface area (TPSA) is 73.6 Å². The highest BCUT2D eigenvalue weighted by atomic mass is 16.5. The number of carbonyl (C=O) groups excluding carboxylic acids is 1. The van der Waals surface area contributed by atoms with Gasteiger partial charge in [-0.15, -0.1) is 0 Å². The normalized spacial score (nSPS) is 16.4. The molecule has 20 heavy (non-hydrogen) atoms. The number of hydrogen-bond acceptors (Lipinski definition) is 4. The van der Waals surface area contributed by atoms with Gasteiger partial charge in [0.15, 0.2) is 0 Å². The molecule has 0 saturated heterocycles. The van der Waals surface area contributed by atoms with Crippen molar-refractivity contribution < 1.29 is 14.3 Å². The first-order chi connectivity index (χ1) is 9.63. The fraction of sp³-hybridized carbons (Fsp3) is 0.533. The number of amides is 1. The predicted molar refractivity (Wildman–Crippen MR) is 78.3 cm³/mol. The van der Waals surface area contributed by atoms with E-state index in [1.165, 1.54) is 0 Å². The van der Waals surface area contributed by atoms with Crippen molar-refractivity contribution in [2.45, 2.75) is 39.2 Å². The number of benzene rings is 1. The van der Waals surface area contributed by atoms with E-state index in [-0.39, 0.29) is 12.0 Å². The summed E-state index contributed by atoms with van der Waals surface area (Å²) in [5.41, 5.74) is 7.21. The zero-order chi connectivity index (χ0) is 14.5. The van der Waals surface area contributed by atoms with Gasteiger partial charge in [0, 0.05) is 24.5 Å². The quantitative estimate of drug-likeness (QED) is 0.835. The lowest BCUT2D eigenvalue weighted by molar-refractivity contribution is -0.116. The fourth-order valence-corrected chi connectivity index (χ4v) is 2.29. The van der Waals surface area contributed by atoms with Crippen LogP contribution in [-0.2, 0) is 11.2 Å². The molecule has 5 nitrogen and oxygen atoms in total. The van der Waals surface area contributed by atoms with Gasteiger partial charge < -0.3 is 20.5 Å². The van der Waals surface area contributed by atoms with E-state index in [1.54, 1.807) is 0 Å². The van der Waals surface area contributed by atoms with E-state index in [0.29, 0.717) is 37.4 Å². The van der Waals surface area contributed by atoms with Crippen LogP contribution in [0.25, 0.3) is 0 Å². The number of nitrogens with one attached hydrogen (secondary N) is 1. The highest BCUT2D eigenvalue weighted by Gasteiger charge is 2.22. The molecule has 0 aliphatic carbocycles. The van der Waals surface area contributed by atoms with E-state index >= 15 is 0 Å². The van der Waals surface area contributed by atoms with E-state index in [1.807, 2.05) is 26.0 Å². The van der Waals surface area contributed by atoms with Crippen molar-refractivity contribution in [2.75, 3.05) is 18.5 Å². The highest BCUT2D eigenvalue weighted by Crippen LogP contribution is 2.38. The van der Waals surface area contributed by atoms with E-state index in [0.717, 1.165) is 17.7 Å². The lowest BCUT2D eigenvalue weighted by Gasteiger charge is -2.13. The monoisotopic (exact) mass is 278 g/mol. The third-order valence-corrected chi connectivity index (χ3v) is 3.18. The van der Waals surface area contributed by atoms with Gasteiger partial charge in [-0.1, -0.05) is 0 Å². The Kier molecular flexibility index (Phi) is 4.84. The molecule has 0 saturated carbocycles. The third-order valence-electron chi connectivity index (χ3n) is 3.18. The van der Waals surface area contributed by atoms with Crippen molar-refractivity contribution in [3.8, 4) is 11.5 Å². The van der Waals surface area contributed by atoms with Gasteiger partial charge in [-0.2, -0.15) is 0 Å². The van der Waals surface area contributed by atoms with Crippen LogP contribution in [0.3, 0.4) is 0 Å². The number of ether oxygens (including phenoxy) is 2. The summed E-state index contributed by atoms with van der Waals surface area (Å²) in [5.74, 6) is 1.47. The Labute approximate surface area is 119 Å². The van der Waals surface area contributed by atoms with Crippen LogP contribution in [0.1, 0.15) is 32.3 Å². The standard InChI is InChI=1S/C15H22N2O3/c1-3-19-14-8-11-7-10(2)20-13(11)9-12(14)17-15(18)5-4-6-16/h8-10H,3-7,16H2,1-2H3,(H,17,18). The smallest absolute Gasteiger partial charge is 0.224 e. The molecule has 110 valence electrons. The molecule has 0 aromatic heterocycles. The van der Waals surface area contributed by atoms with E-state index < -0.39 is 0 Å². The lowest BCUT2D eigenvalue weighted by Crippen LogP contribution is -2.14. The first-order valence-corrected chi connectivity index (χ1v) is 7.10. The second kappa shape index (κ2) is 6.61. The Balaban J connectivity index is 2.18. The van der Waals surface area contributed by atoms with Gasteiger partial charge in [0.2, 0.25) is 5.91 Å². The average molecular weight is 278 g/mol. The van der Waals surface area contributed by atoms with Gasteiger partial charge in [-0.3, -0.25) is 4.79 Å². The SMILES string of the molecule is CCOc1cc2c(cc1NC(=O)CCCN)OC(C)C2. The first kappa shape index (κ1) is 14.7. The van der Waals surface area contributed by atoms with Crippen molar-refractivity contribution in [1.82, 2.24) is 0 Å². The summed E-state index contributed by atoms with van der Waals surface area (Å²) in [6, 6.07) is 3.81. The molecule has 1 amide bonds. The van der Waals surface area contributed by atoms with Crippen LogP contribution >= 0.6 is 0 Å². The van der Waals surface area contributed by atoms with E-state index in [9.17, 15) is 4.79 Å².